The summed E-state index contributed by atoms with van der Waals surface area (Å²) in [5, 5.41) is 8.57. The molecule has 0 saturated carbocycles. The molecule has 5 nitrogen and oxygen atoms in total. The molecule has 0 aliphatic heterocycles. The van der Waals surface area contributed by atoms with Crippen molar-refractivity contribution in [2.45, 2.75) is 20.1 Å². The molecule has 0 aliphatic rings. The van der Waals surface area contributed by atoms with Crippen molar-refractivity contribution in [3.63, 3.8) is 0 Å². The second-order valence-corrected chi connectivity index (χ2v) is 5.30. The van der Waals surface area contributed by atoms with Crippen molar-refractivity contribution in [3.05, 3.63) is 70.9 Å². The van der Waals surface area contributed by atoms with E-state index in [1.54, 1.807) is 12.1 Å². The van der Waals surface area contributed by atoms with Gasteiger partial charge in [0, 0.05) is 5.02 Å². The molecule has 0 aliphatic carbocycles. The van der Waals surface area contributed by atoms with Gasteiger partial charge in [-0.15, -0.1) is 10.2 Å². The van der Waals surface area contributed by atoms with E-state index in [4.69, 9.17) is 25.5 Å². The summed E-state index contributed by atoms with van der Waals surface area (Å²) < 4.78 is 16.6. The van der Waals surface area contributed by atoms with Crippen molar-refractivity contribution in [2.75, 3.05) is 0 Å². The first kappa shape index (κ1) is 15.4. The van der Waals surface area contributed by atoms with Crippen LogP contribution in [0.4, 0.5) is 0 Å². The minimum atomic E-state index is 0.194. The third-order valence-electron chi connectivity index (χ3n) is 3.11. The maximum Gasteiger partial charge on any atom is 0.254 e. The van der Waals surface area contributed by atoms with Crippen LogP contribution in [0.25, 0.3) is 0 Å². The van der Waals surface area contributed by atoms with Crippen molar-refractivity contribution >= 4 is 11.6 Å². The van der Waals surface area contributed by atoms with E-state index in [-0.39, 0.29) is 13.2 Å². The topological polar surface area (TPSA) is 57.4 Å². The fraction of sp³-hybridized carbons (Fsp3) is 0.176. The molecule has 3 aromatic rings. The fourth-order valence-corrected chi connectivity index (χ4v) is 2.04. The Hall–Kier alpha value is -2.53. The van der Waals surface area contributed by atoms with Crippen molar-refractivity contribution < 1.29 is 13.9 Å². The number of para-hydroxylation sites is 1. The number of halogens is 1. The van der Waals surface area contributed by atoms with Gasteiger partial charge >= 0.3 is 0 Å². The Morgan fingerprint density at radius 2 is 1.57 bits per heavy atom. The van der Waals surface area contributed by atoms with Gasteiger partial charge < -0.3 is 13.9 Å². The molecule has 118 valence electrons. The van der Waals surface area contributed by atoms with E-state index >= 15 is 0 Å². The van der Waals surface area contributed by atoms with Crippen LogP contribution in [-0.2, 0) is 13.2 Å². The van der Waals surface area contributed by atoms with Crippen molar-refractivity contribution in [3.8, 4) is 11.5 Å². The Kier molecular flexibility index (Phi) is 4.78. The van der Waals surface area contributed by atoms with E-state index in [1.807, 2.05) is 43.3 Å². The Labute approximate surface area is 138 Å². The first-order valence-electron chi connectivity index (χ1n) is 7.09. The lowest BCUT2D eigenvalue weighted by molar-refractivity contribution is 0.231. The minimum absolute atomic E-state index is 0.194. The Bertz CT molecular complexity index is 775. The first-order chi connectivity index (χ1) is 11.2. The van der Waals surface area contributed by atoms with Gasteiger partial charge in [-0.25, -0.2) is 0 Å². The van der Waals surface area contributed by atoms with Gasteiger partial charge in [0.05, 0.1) is 0 Å². The highest BCUT2D eigenvalue weighted by Gasteiger charge is 2.08. The monoisotopic (exact) mass is 330 g/mol. The summed E-state index contributed by atoms with van der Waals surface area (Å²) in [6, 6.07) is 14.9. The maximum atomic E-state index is 5.98. The molecular weight excluding hydrogens is 316 g/mol. The first-order valence-corrected chi connectivity index (χ1v) is 7.46. The van der Waals surface area contributed by atoms with Crippen LogP contribution in [0.2, 0.25) is 5.02 Å². The van der Waals surface area contributed by atoms with E-state index in [9.17, 15) is 0 Å². The number of hydrogen-bond donors (Lipinski definition) is 0. The van der Waals surface area contributed by atoms with Crippen molar-refractivity contribution in [1.29, 1.82) is 0 Å². The molecule has 3 rings (SSSR count). The van der Waals surface area contributed by atoms with E-state index in [0.29, 0.717) is 22.6 Å². The van der Waals surface area contributed by atoms with Crippen LogP contribution in [-0.4, -0.2) is 10.2 Å². The van der Waals surface area contributed by atoms with E-state index in [1.165, 1.54) is 0 Å². The predicted octanol–water partition coefficient (Wildman–Crippen LogP) is 4.19. The molecule has 1 aromatic heterocycles. The molecule has 6 heteroatoms. The average Bonchev–Trinajstić information content (AvgIpc) is 3.03. The molecular formula is C17H15ClN2O3. The van der Waals surface area contributed by atoms with Gasteiger partial charge in [-0.1, -0.05) is 29.8 Å². The molecule has 0 unspecified atom stereocenters. The van der Waals surface area contributed by atoms with Crippen LogP contribution in [0.3, 0.4) is 0 Å². The van der Waals surface area contributed by atoms with Crippen molar-refractivity contribution in [2.24, 2.45) is 0 Å². The standard InChI is InChI=1S/C17H15ClN2O3/c1-12-9-14(7-8-15(12)18)22-11-17-20-19-16(23-17)10-21-13-5-3-2-4-6-13/h2-9H,10-11H2,1H3. The molecule has 0 atom stereocenters. The van der Waals surface area contributed by atoms with E-state index < -0.39 is 0 Å². The number of ether oxygens (including phenoxy) is 2. The third kappa shape index (κ3) is 4.23. The van der Waals surface area contributed by atoms with E-state index in [0.717, 1.165) is 11.3 Å². The smallest absolute Gasteiger partial charge is 0.254 e. The van der Waals surface area contributed by atoms with Gasteiger partial charge in [0.1, 0.15) is 11.5 Å². The van der Waals surface area contributed by atoms with Crippen LogP contribution >= 0.6 is 11.6 Å². The van der Waals surface area contributed by atoms with Gasteiger partial charge in [0.25, 0.3) is 11.8 Å². The second-order valence-electron chi connectivity index (χ2n) is 4.89. The second kappa shape index (κ2) is 7.15. The molecule has 0 bridgehead atoms. The molecule has 0 saturated heterocycles. The normalized spacial score (nSPS) is 10.5. The van der Waals surface area contributed by atoms with Gasteiger partial charge in [-0.2, -0.15) is 0 Å². The molecule has 0 fully saturated rings. The minimum Gasteiger partial charge on any atom is -0.484 e. The van der Waals surface area contributed by atoms with Gasteiger partial charge in [0.15, 0.2) is 13.2 Å². The van der Waals surface area contributed by atoms with Gasteiger partial charge in [-0.05, 0) is 42.8 Å². The third-order valence-corrected chi connectivity index (χ3v) is 3.53. The number of benzene rings is 2. The van der Waals surface area contributed by atoms with Gasteiger partial charge in [0.2, 0.25) is 0 Å². The average molecular weight is 331 g/mol. The molecule has 23 heavy (non-hydrogen) atoms. The zero-order valence-electron chi connectivity index (χ0n) is 12.5. The highest BCUT2D eigenvalue weighted by molar-refractivity contribution is 6.31. The van der Waals surface area contributed by atoms with Gasteiger partial charge in [-0.3, -0.25) is 0 Å². The highest BCUT2D eigenvalue weighted by atomic mass is 35.5. The molecule has 0 spiro atoms. The molecule has 0 N–H and O–H groups in total. The SMILES string of the molecule is Cc1cc(OCc2nnc(COc3ccccc3)o2)ccc1Cl. The zero-order chi connectivity index (χ0) is 16.1. The zero-order valence-corrected chi connectivity index (χ0v) is 13.3. The molecule has 1 heterocycles. The number of rotatable bonds is 6. The molecule has 0 amide bonds. The van der Waals surface area contributed by atoms with Crippen molar-refractivity contribution in [1.82, 2.24) is 10.2 Å². The molecule has 2 aromatic carbocycles. The lowest BCUT2D eigenvalue weighted by Crippen LogP contribution is -1.96. The fourth-order valence-electron chi connectivity index (χ4n) is 1.92. The molecule has 0 radical (unpaired) electrons. The van der Waals surface area contributed by atoms with Crippen LogP contribution in [0.5, 0.6) is 11.5 Å². The Morgan fingerprint density at radius 1 is 0.913 bits per heavy atom. The highest BCUT2D eigenvalue weighted by Crippen LogP contribution is 2.21. The number of aryl methyl sites for hydroxylation is 1. The van der Waals surface area contributed by atoms with Crippen LogP contribution in [0, 0.1) is 6.92 Å². The van der Waals surface area contributed by atoms with Crippen LogP contribution in [0.15, 0.2) is 52.9 Å². The number of nitrogens with zero attached hydrogens (tertiary/aromatic N) is 2. The predicted molar refractivity (Wildman–Crippen MR) is 85.6 cm³/mol. The van der Waals surface area contributed by atoms with Crippen LogP contribution in [0.1, 0.15) is 17.3 Å². The quantitative estimate of drug-likeness (QED) is 0.678. The largest absolute Gasteiger partial charge is 0.484 e. The summed E-state index contributed by atoms with van der Waals surface area (Å²) in [7, 11) is 0. The summed E-state index contributed by atoms with van der Waals surface area (Å²) in [5.41, 5.74) is 0.951. The Balaban J connectivity index is 1.53. The number of aromatic nitrogens is 2. The summed E-state index contributed by atoms with van der Waals surface area (Å²) in [5.74, 6) is 2.25. The van der Waals surface area contributed by atoms with Crippen LogP contribution < -0.4 is 9.47 Å². The maximum absolute atomic E-state index is 5.98. The summed E-state index contributed by atoms with van der Waals surface area (Å²) in [4.78, 5) is 0. The lowest BCUT2D eigenvalue weighted by Gasteiger charge is -2.05. The lowest BCUT2D eigenvalue weighted by atomic mass is 10.2. The summed E-state index contributed by atoms with van der Waals surface area (Å²) in [6.45, 7) is 2.33. The summed E-state index contributed by atoms with van der Waals surface area (Å²) >= 11 is 5.98. The Morgan fingerprint density at radius 3 is 2.22 bits per heavy atom. The van der Waals surface area contributed by atoms with E-state index in [2.05, 4.69) is 10.2 Å². The number of hydrogen-bond acceptors (Lipinski definition) is 5. The summed E-state index contributed by atoms with van der Waals surface area (Å²) in [6.07, 6.45) is 0.